The molecule has 1 heterocycles. The predicted molar refractivity (Wildman–Crippen MR) is 65.1 cm³/mol. The summed E-state index contributed by atoms with van der Waals surface area (Å²) < 4.78 is 25.9. The highest BCUT2D eigenvalue weighted by Crippen LogP contribution is 2.28. The minimum absolute atomic E-state index is 0.0818. The van der Waals surface area contributed by atoms with E-state index in [1.165, 1.54) is 22.5 Å². The zero-order valence-electron chi connectivity index (χ0n) is 9.63. The Labute approximate surface area is 101 Å². The van der Waals surface area contributed by atoms with Crippen molar-refractivity contribution >= 4 is 15.7 Å². The van der Waals surface area contributed by atoms with Crippen LogP contribution in [0.25, 0.3) is 0 Å². The van der Waals surface area contributed by atoms with Crippen LogP contribution in [0.5, 0.6) is 5.75 Å². The quantitative estimate of drug-likeness (QED) is 0.611. The van der Waals surface area contributed by atoms with Crippen LogP contribution in [0, 0.1) is 5.92 Å². The third-order valence-electron chi connectivity index (χ3n) is 3.02. The molecule has 0 spiro atoms. The highest BCUT2D eigenvalue weighted by atomic mass is 32.2. The summed E-state index contributed by atoms with van der Waals surface area (Å²) in [5, 5.41) is 9.28. The van der Waals surface area contributed by atoms with Gasteiger partial charge in [0.25, 0.3) is 0 Å². The predicted octanol–water partition coefficient (Wildman–Crippen LogP) is 1.00. The zero-order chi connectivity index (χ0) is 12.6. The van der Waals surface area contributed by atoms with Crippen molar-refractivity contribution in [2.75, 3.05) is 18.8 Å². The molecule has 6 heteroatoms. The van der Waals surface area contributed by atoms with Gasteiger partial charge in [-0.2, -0.15) is 4.31 Å². The first kappa shape index (κ1) is 12.2. The number of benzene rings is 1. The van der Waals surface area contributed by atoms with Crippen LogP contribution in [-0.2, 0) is 10.0 Å². The summed E-state index contributed by atoms with van der Waals surface area (Å²) in [6.45, 7) is 3.12. The van der Waals surface area contributed by atoms with Gasteiger partial charge >= 0.3 is 0 Å². The van der Waals surface area contributed by atoms with E-state index in [4.69, 9.17) is 5.73 Å². The number of rotatable bonds is 2. The van der Waals surface area contributed by atoms with Crippen LogP contribution in [0.2, 0.25) is 0 Å². The van der Waals surface area contributed by atoms with Crippen LogP contribution >= 0.6 is 0 Å². The molecule has 1 aromatic rings. The molecule has 94 valence electrons. The first-order valence-corrected chi connectivity index (χ1v) is 6.94. The molecule has 1 atom stereocenters. The SMILES string of the molecule is CC1CCN(S(=O)(=O)c2ccc(O)c(N)c2)C1. The molecule has 17 heavy (non-hydrogen) atoms. The lowest BCUT2D eigenvalue weighted by Crippen LogP contribution is -2.28. The van der Waals surface area contributed by atoms with Gasteiger partial charge < -0.3 is 10.8 Å². The Morgan fingerprint density at radius 2 is 2.18 bits per heavy atom. The Morgan fingerprint density at radius 1 is 1.47 bits per heavy atom. The van der Waals surface area contributed by atoms with Crippen LogP contribution in [0.4, 0.5) is 5.69 Å². The highest BCUT2D eigenvalue weighted by Gasteiger charge is 2.30. The lowest BCUT2D eigenvalue weighted by Gasteiger charge is -2.16. The normalized spacial score (nSPS) is 21.8. The second-order valence-corrected chi connectivity index (χ2v) is 6.42. The molecule has 0 aromatic heterocycles. The molecule has 0 radical (unpaired) electrons. The van der Waals surface area contributed by atoms with Gasteiger partial charge in [0.15, 0.2) is 0 Å². The van der Waals surface area contributed by atoms with E-state index in [0.717, 1.165) is 6.42 Å². The van der Waals surface area contributed by atoms with Gasteiger partial charge in [-0.1, -0.05) is 6.92 Å². The summed E-state index contributed by atoms with van der Waals surface area (Å²) in [5.74, 6) is 0.290. The molecule has 1 aromatic carbocycles. The smallest absolute Gasteiger partial charge is 0.243 e. The molecule has 5 nitrogen and oxygen atoms in total. The molecule has 0 aliphatic carbocycles. The minimum Gasteiger partial charge on any atom is -0.506 e. The maximum absolute atomic E-state index is 12.2. The van der Waals surface area contributed by atoms with Crippen LogP contribution < -0.4 is 5.73 Å². The van der Waals surface area contributed by atoms with Gasteiger partial charge in [0.2, 0.25) is 10.0 Å². The fourth-order valence-electron chi connectivity index (χ4n) is 1.96. The first-order valence-electron chi connectivity index (χ1n) is 5.50. The van der Waals surface area contributed by atoms with Crippen molar-refractivity contribution in [1.29, 1.82) is 0 Å². The topological polar surface area (TPSA) is 83.6 Å². The van der Waals surface area contributed by atoms with E-state index in [2.05, 4.69) is 0 Å². The average Bonchev–Trinajstić information content (AvgIpc) is 2.69. The maximum Gasteiger partial charge on any atom is 0.243 e. The van der Waals surface area contributed by atoms with Crippen molar-refractivity contribution in [3.05, 3.63) is 18.2 Å². The van der Waals surface area contributed by atoms with Crippen LogP contribution in [0.15, 0.2) is 23.1 Å². The zero-order valence-corrected chi connectivity index (χ0v) is 10.4. The lowest BCUT2D eigenvalue weighted by molar-refractivity contribution is 0.463. The summed E-state index contributed by atoms with van der Waals surface area (Å²) >= 11 is 0. The molecular formula is C11H16N2O3S. The molecule has 0 amide bonds. The number of sulfonamides is 1. The van der Waals surface area contributed by atoms with E-state index >= 15 is 0 Å². The molecule has 1 unspecified atom stereocenters. The summed E-state index contributed by atoms with van der Waals surface area (Å²) in [5.41, 5.74) is 5.59. The van der Waals surface area contributed by atoms with Crippen LogP contribution in [0.3, 0.4) is 0 Å². The Morgan fingerprint density at radius 3 is 2.71 bits per heavy atom. The van der Waals surface area contributed by atoms with Crippen molar-refractivity contribution in [1.82, 2.24) is 4.31 Å². The van der Waals surface area contributed by atoms with Crippen molar-refractivity contribution in [3.8, 4) is 5.75 Å². The lowest BCUT2D eigenvalue weighted by atomic mass is 10.2. The number of hydrogen-bond donors (Lipinski definition) is 2. The van der Waals surface area contributed by atoms with Gasteiger partial charge in [0, 0.05) is 13.1 Å². The number of aromatic hydroxyl groups is 1. The minimum atomic E-state index is -3.47. The molecule has 0 bridgehead atoms. The molecule has 2 rings (SSSR count). The number of hydrogen-bond acceptors (Lipinski definition) is 4. The van der Waals surface area contributed by atoms with E-state index in [1.54, 1.807) is 0 Å². The second-order valence-electron chi connectivity index (χ2n) is 4.48. The summed E-state index contributed by atoms with van der Waals surface area (Å²) in [6.07, 6.45) is 0.882. The summed E-state index contributed by atoms with van der Waals surface area (Å²) in [6, 6.07) is 3.99. The van der Waals surface area contributed by atoms with Gasteiger partial charge in [-0.15, -0.1) is 0 Å². The van der Waals surface area contributed by atoms with Gasteiger partial charge in [0.05, 0.1) is 10.6 Å². The molecular weight excluding hydrogens is 240 g/mol. The average molecular weight is 256 g/mol. The number of nitrogen functional groups attached to an aromatic ring is 1. The number of nitrogens with two attached hydrogens (primary N) is 1. The Hall–Kier alpha value is -1.27. The molecule has 3 N–H and O–H groups in total. The van der Waals surface area contributed by atoms with Crippen molar-refractivity contribution in [2.45, 2.75) is 18.2 Å². The van der Waals surface area contributed by atoms with Crippen LogP contribution in [0.1, 0.15) is 13.3 Å². The van der Waals surface area contributed by atoms with E-state index < -0.39 is 10.0 Å². The van der Waals surface area contributed by atoms with Crippen molar-refractivity contribution in [2.24, 2.45) is 5.92 Å². The van der Waals surface area contributed by atoms with Gasteiger partial charge in [-0.25, -0.2) is 8.42 Å². The number of phenolic OH excluding ortho intramolecular Hbond substituents is 1. The van der Waals surface area contributed by atoms with Gasteiger partial charge in [0.1, 0.15) is 5.75 Å². The van der Waals surface area contributed by atoms with Gasteiger partial charge in [-0.05, 0) is 30.5 Å². The third kappa shape index (κ3) is 2.23. The standard InChI is InChI=1S/C11H16N2O3S/c1-8-4-5-13(7-8)17(15,16)9-2-3-11(14)10(12)6-9/h2-3,6,8,14H,4-5,7,12H2,1H3. The first-order chi connectivity index (χ1) is 7.91. The van der Waals surface area contributed by atoms with E-state index in [-0.39, 0.29) is 16.3 Å². The van der Waals surface area contributed by atoms with Crippen molar-refractivity contribution < 1.29 is 13.5 Å². The fraction of sp³-hybridized carbons (Fsp3) is 0.455. The summed E-state index contributed by atoms with van der Waals surface area (Å²) in [4.78, 5) is 0.141. The Bertz CT molecular complexity index is 528. The monoisotopic (exact) mass is 256 g/mol. The summed E-state index contributed by atoms with van der Waals surface area (Å²) in [7, 11) is -3.47. The second kappa shape index (κ2) is 4.19. The number of anilines is 1. The maximum atomic E-state index is 12.2. The Balaban J connectivity index is 2.35. The van der Waals surface area contributed by atoms with E-state index in [1.807, 2.05) is 6.92 Å². The molecule has 1 saturated heterocycles. The molecule has 0 saturated carbocycles. The largest absolute Gasteiger partial charge is 0.506 e. The number of nitrogens with zero attached hydrogens (tertiary/aromatic N) is 1. The van der Waals surface area contributed by atoms with Crippen LogP contribution in [-0.4, -0.2) is 30.9 Å². The third-order valence-corrected chi connectivity index (χ3v) is 4.88. The fourth-order valence-corrected chi connectivity index (χ4v) is 3.57. The Kier molecular flexibility index (Phi) is 3.01. The van der Waals surface area contributed by atoms with E-state index in [9.17, 15) is 13.5 Å². The highest BCUT2D eigenvalue weighted by molar-refractivity contribution is 7.89. The molecule has 1 fully saturated rings. The molecule has 1 aliphatic heterocycles. The number of phenols is 1. The van der Waals surface area contributed by atoms with Crippen molar-refractivity contribution in [3.63, 3.8) is 0 Å². The van der Waals surface area contributed by atoms with E-state index in [0.29, 0.717) is 19.0 Å². The van der Waals surface area contributed by atoms with Gasteiger partial charge in [-0.3, -0.25) is 0 Å². The molecule has 1 aliphatic rings.